The van der Waals surface area contributed by atoms with E-state index < -0.39 is 0 Å². The molecule has 1 N–H and O–H groups in total. The first-order valence-electron chi connectivity index (χ1n) is 9.16. The molecule has 8 heteroatoms. The van der Waals surface area contributed by atoms with Gasteiger partial charge < -0.3 is 9.73 Å². The second kappa shape index (κ2) is 8.01. The Morgan fingerprint density at radius 1 is 1.36 bits per heavy atom. The van der Waals surface area contributed by atoms with E-state index in [4.69, 9.17) is 16.0 Å². The molecule has 1 aliphatic rings. The number of amides is 1. The molecular weight excluding hydrogens is 396 g/mol. The smallest absolute Gasteiger partial charge is 0.234 e. The maximum absolute atomic E-state index is 12.5. The summed E-state index contributed by atoms with van der Waals surface area (Å²) < 4.78 is 7.53. The molecule has 1 fully saturated rings. The van der Waals surface area contributed by atoms with E-state index in [1.54, 1.807) is 6.26 Å². The summed E-state index contributed by atoms with van der Waals surface area (Å²) in [4.78, 5) is 12.5. The number of anilines is 1. The van der Waals surface area contributed by atoms with Gasteiger partial charge in [-0.1, -0.05) is 29.4 Å². The Morgan fingerprint density at radius 3 is 2.86 bits per heavy atom. The van der Waals surface area contributed by atoms with Gasteiger partial charge in [-0.3, -0.25) is 9.36 Å². The van der Waals surface area contributed by atoms with E-state index in [1.165, 1.54) is 11.8 Å². The molecule has 146 valence electrons. The van der Waals surface area contributed by atoms with Crippen LogP contribution < -0.4 is 5.32 Å². The van der Waals surface area contributed by atoms with Crippen molar-refractivity contribution < 1.29 is 9.21 Å². The zero-order valence-electron chi connectivity index (χ0n) is 15.7. The second-order valence-corrected chi connectivity index (χ2v) is 8.41. The molecule has 0 spiro atoms. The van der Waals surface area contributed by atoms with Gasteiger partial charge in [-0.25, -0.2) is 0 Å². The average Bonchev–Trinajstić information content (AvgIpc) is 3.21. The summed E-state index contributed by atoms with van der Waals surface area (Å²) in [5, 5.41) is 12.9. The Balaban J connectivity index is 1.45. The highest BCUT2D eigenvalue weighted by Gasteiger charge is 2.30. The molecule has 1 amide bonds. The van der Waals surface area contributed by atoms with Crippen molar-refractivity contribution in [2.75, 3.05) is 11.1 Å². The van der Waals surface area contributed by atoms with E-state index in [0.29, 0.717) is 23.2 Å². The fourth-order valence-corrected chi connectivity index (χ4v) is 4.25. The fourth-order valence-electron chi connectivity index (χ4n) is 3.14. The van der Waals surface area contributed by atoms with Crippen molar-refractivity contribution in [2.24, 2.45) is 0 Å². The number of halogens is 1. The number of aromatic nitrogens is 3. The Morgan fingerprint density at radius 2 is 2.18 bits per heavy atom. The van der Waals surface area contributed by atoms with Gasteiger partial charge in [-0.15, -0.1) is 10.2 Å². The van der Waals surface area contributed by atoms with E-state index in [1.807, 2.05) is 38.1 Å². The van der Waals surface area contributed by atoms with Gasteiger partial charge in [-0.2, -0.15) is 0 Å². The minimum atomic E-state index is -0.126. The molecule has 2 aromatic heterocycles. The standard InChI is InChI=1S/C20H21ClN4O2S/c1-12-8-13(2)18(16(21)9-12)22-17(26)11-28-20-24-23-19(14-5-6-14)25(20)10-15-4-3-7-27-15/h3-4,7-9,14H,5-6,10-11H2,1-2H3,(H,22,26). The molecule has 0 radical (unpaired) electrons. The largest absolute Gasteiger partial charge is 0.467 e. The maximum Gasteiger partial charge on any atom is 0.234 e. The van der Waals surface area contributed by atoms with Gasteiger partial charge in [0.05, 0.1) is 29.3 Å². The Bertz CT molecular complexity index is 973. The van der Waals surface area contributed by atoms with E-state index >= 15 is 0 Å². The zero-order chi connectivity index (χ0) is 19.7. The molecule has 0 unspecified atom stereocenters. The summed E-state index contributed by atoms with van der Waals surface area (Å²) in [6.07, 6.45) is 3.92. The molecular formula is C20H21ClN4O2S. The highest BCUT2D eigenvalue weighted by atomic mass is 35.5. The van der Waals surface area contributed by atoms with Gasteiger partial charge in [0.25, 0.3) is 0 Å². The molecule has 2 heterocycles. The van der Waals surface area contributed by atoms with Crippen LogP contribution in [0.15, 0.2) is 40.1 Å². The molecule has 1 aliphatic carbocycles. The molecule has 4 rings (SSSR count). The lowest BCUT2D eigenvalue weighted by atomic mass is 10.1. The van der Waals surface area contributed by atoms with E-state index in [9.17, 15) is 4.79 Å². The van der Waals surface area contributed by atoms with Gasteiger partial charge in [0.2, 0.25) is 5.91 Å². The van der Waals surface area contributed by atoms with Crippen LogP contribution >= 0.6 is 23.4 Å². The van der Waals surface area contributed by atoms with Crippen molar-refractivity contribution in [3.8, 4) is 0 Å². The fraction of sp³-hybridized carbons (Fsp3) is 0.350. The number of hydrogen-bond donors (Lipinski definition) is 1. The molecule has 0 saturated heterocycles. The van der Waals surface area contributed by atoms with Crippen molar-refractivity contribution in [2.45, 2.75) is 44.3 Å². The van der Waals surface area contributed by atoms with Crippen molar-refractivity contribution in [3.63, 3.8) is 0 Å². The van der Waals surface area contributed by atoms with E-state index in [0.717, 1.165) is 40.7 Å². The third-order valence-corrected chi connectivity index (χ3v) is 5.88. The van der Waals surface area contributed by atoms with Crippen molar-refractivity contribution in [1.29, 1.82) is 0 Å². The quantitative estimate of drug-likeness (QED) is 0.560. The van der Waals surface area contributed by atoms with Crippen LogP contribution in [0.2, 0.25) is 5.02 Å². The number of furan rings is 1. The topological polar surface area (TPSA) is 73.0 Å². The molecule has 3 aromatic rings. The minimum Gasteiger partial charge on any atom is -0.467 e. The first-order chi connectivity index (χ1) is 13.5. The summed E-state index contributed by atoms with van der Waals surface area (Å²) in [5.41, 5.74) is 2.67. The van der Waals surface area contributed by atoms with Crippen LogP contribution in [0.3, 0.4) is 0 Å². The zero-order valence-corrected chi connectivity index (χ0v) is 17.3. The van der Waals surface area contributed by atoms with E-state index in [-0.39, 0.29) is 11.7 Å². The summed E-state index contributed by atoms with van der Waals surface area (Å²) in [5.74, 6) is 2.37. The SMILES string of the molecule is Cc1cc(C)c(NC(=O)CSc2nnc(C3CC3)n2Cc2ccco2)c(Cl)c1. The van der Waals surface area contributed by atoms with Crippen LogP contribution in [0, 0.1) is 13.8 Å². The van der Waals surface area contributed by atoms with Crippen LogP contribution in [0.5, 0.6) is 0 Å². The van der Waals surface area contributed by atoms with Gasteiger partial charge in [0, 0.05) is 5.92 Å². The number of nitrogens with zero attached hydrogens (tertiary/aromatic N) is 3. The third kappa shape index (κ3) is 4.25. The highest BCUT2D eigenvalue weighted by molar-refractivity contribution is 7.99. The van der Waals surface area contributed by atoms with Gasteiger partial charge in [-0.05, 0) is 56.0 Å². The van der Waals surface area contributed by atoms with Gasteiger partial charge in [0.15, 0.2) is 5.16 Å². The van der Waals surface area contributed by atoms with Crippen molar-refractivity contribution >= 4 is 35.0 Å². The molecule has 0 aliphatic heterocycles. The summed E-state index contributed by atoms with van der Waals surface area (Å²) >= 11 is 7.66. The normalized spacial score (nSPS) is 13.7. The van der Waals surface area contributed by atoms with Crippen LogP contribution in [-0.2, 0) is 11.3 Å². The number of hydrogen-bond acceptors (Lipinski definition) is 5. The van der Waals surface area contributed by atoms with Crippen LogP contribution in [0.1, 0.15) is 41.5 Å². The summed E-state index contributed by atoms with van der Waals surface area (Å²) in [7, 11) is 0. The lowest BCUT2D eigenvalue weighted by Crippen LogP contribution is -2.16. The number of aryl methyl sites for hydroxylation is 2. The summed E-state index contributed by atoms with van der Waals surface area (Å²) in [6.45, 7) is 4.48. The molecule has 6 nitrogen and oxygen atoms in total. The second-order valence-electron chi connectivity index (χ2n) is 7.06. The molecule has 0 bridgehead atoms. The Hall–Kier alpha value is -2.25. The molecule has 1 aromatic carbocycles. The van der Waals surface area contributed by atoms with E-state index in [2.05, 4.69) is 20.1 Å². The maximum atomic E-state index is 12.5. The van der Waals surface area contributed by atoms with Gasteiger partial charge >= 0.3 is 0 Å². The van der Waals surface area contributed by atoms with Crippen molar-refractivity contribution in [3.05, 3.63) is 58.3 Å². The monoisotopic (exact) mass is 416 g/mol. The highest BCUT2D eigenvalue weighted by Crippen LogP contribution is 2.40. The lowest BCUT2D eigenvalue weighted by molar-refractivity contribution is -0.113. The van der Waals surface area contributed by atoms with Crippen molar-refractivity contribution in [1.82, 2.24) is 14.8 Å². The Labute approximate surface area is 172 Å². The lowest BCUT2D eigenvalue weighted by Gasteiger charge is -2.12. The van der Waals surface area contributed by atoms with Crippen LogP contribution in [0.4, 0.5) is 5.69 Å². The van der Waals surface area contributed by atoms with Crippen LogP contribution in [-0.4, -0.2) is 26.4 Å². The number of carbonyl (C=O) groups is 1. The summed E-state index contributed by atoms with van der Waals surface area (Å²) in [6, 6.07) is 7.64. The third-order valence-electron chi connectivity index (χ3n) is 4.61. The first kappa shape index (κ1) is 19.1. The predicted octanol–water partition coefficient (Wildman–Crippen LogP) is 4.80. The number of rotatable bonds is 7. The number of thioether (sulfide) groups is 1. The predicted molar refractivity (Wildman–Crippen MR) is 110 cm³/mol. The molecule has 0 atom stereocenters. The first-order valence-corrected chi connectivity index (χ1v) is 10.5. The Kier molecular flexibility index (Phi) is 5.46. The average molecular weight is 417 g/mol. The number of benzene rings is 1. The van der Waals surface area contributed by atoms with Gasteiger partial charge in [0.1, 0.15) is 11.6 Å². The number of carbonyl (C=O) groups excluding carboxylic acids is 1. The molecule has 1 saturated carbocycles. The molecule has 28 heavy (non-hydrogen) atoms. The number of nitrogens with one attached hydrogen (secondary N) is 1. The minimum absolute atomic E-state index is 0.126. The van der Waals surface area contributed by atoms with Crippen LogP contribution in [0.25, 0.3) is 0 Å².